The van der Waals surface area contributed by atoms with Crippen LogP contribution in [0.2, 0.25) is 0 Å². The highest BCUT2D eigenvalue weighted by atomic mass is 79.9. The third-order valence-electron chi connectivity index (χ3n) is 2.37. The van der Waals surface area contributed by atoms with Gasteiger partial charge in [0.15, 0.2) is 0 Å². The second-order valence-corrected chi connectivity index (χ2v) is 4.50. The molecule has 0 amide bonds. The lowest BCUT2D eigenvalue weighted by molar-refractivity contribution is 0.767. The Labute approximate surface area is 108 Å². The zero-order chi connectivity index (χ0) is 12.3. The van der Waals surface area contributed by atoms with Crippen molar-refractivity contribution in [1.29, 1.82) is 5.26 Å². The summed E-state index contributed by atoms with van der Waals surface area (Å²) < 4.78 is 2.56. The van der Waals surface area contributed by atoms with Crippen LogP contribution in [0.25, 0.3) is 0 Å². The summed E-state index contributed by atoms with van der Waals surface area (Å²) >= 11 is 3.36. The Morgan fingerprint density at radius 3 is 3.00 bits per heavy atom. The van der Waals surface area contributed by atoms with Crippen LogP contribution in [-0.4, -0.2) is 9.78 Å². The fourth-order valence-electron chi connectivity index (χ4n) is 1.55. The Kier molecular flexibility index (Phi) is 3.45. The quantitative estimate of drug-likeness (QED) is 0.946. The molecule has 17 heavy (non-hydrogen) atoms. The molecule has 86 valence electrons. The van der Waals surface area contributed by atoms with Crippen molar-refractivity contribution >= 4 is 21.6 Å². The summed E-state index contributed by atoms with van der Waals surface area (Å²) in [6.45, 7) is 0.652. The molecule has 0 aliphatic heterocycles. The van der Waals surface area contributed by atoms with Crippen LogP contribution in [0.4, 0.5) is 5.69 Å². The molecule has 0 radical (unpaired) electrons. The van der Waals surface area contributed by atoms with Crippen LogP contribution < -0.4 is 5.32 Å². The molecule has 2 aromatic rings. The molecule has 0 spiro atoms. The third kappa shape index (κ3) is 2.66. The van der Waals surface area contributed by atoms with Crippen LogP contribution in [-0.2, 0) is 13.6 Å². The Balaban J connectivity index is 2.14. The van der Waals surface area contributed by atoms with E-state index in [0.717, 1.165) is 15.7 Å². The van der Waals surface area contributed by atoms with Gasteiger partial charge in [-0.3, -0.25) is 4.68 Å². The molecule has 0 bridgehead atoms. The summed E-state index contributed by atoms with van der Waals surface area (Å²) in [6, 6.07) is 7.82. The maximum Gasteiger partial charge on any atom is 0.103 e. The summed E-state index contributed by atoms with van der Waals surface area (Å²) in [4.78, 5) is 0. The molecule has 0 unspecified atom stereocenters. The first-order chi connectivity index (χ1) is 8.20. The van der Waals surface area contributed by atoms with E-state index in [4.69, 9.17) is 5.26 Å². The van der Waals surface area contributed by atoms with E-state index in [9.17, 15) is 0 Å². The van der Waals surface area contributed by atoms with Gasteiger partial charge in [-0.2, -0.15) is 10.4 Å². The number of aromatic nitrogens is 2. The topological polar surface area (TPSA) is 53.6 Å². The van der Waals surface area contributed by atoms with Crippen LogP contribution in [0.15, 0.2) is 35.1 Å². The number of aryl methyl sites for hydroxylation is 1. The largest absolute Gasteiger partial charge is 0.380 e. The number of hydrogen-bond donors (Lipinski definition) is 1. The minimum atomic E-state index is 0.622. The molecule has 0 fully saturated rings. The highest BCUT2D eigenvalue weighted by molar-refractivity contribution is 9.10. The molecule has 5 heteroatoms. The number of hydrogen-bond acceptors (Lipinski definition) is 3. The van der Waals surface area contributed by atoms with Crippen LogP contribution in [0.3, 0.4) is 0 Å². The second-order valence-electron chi connectivity index (χ2n) is 3.65. The molecule has 0 saturated carbocycles. The van der Waals surface area contributed by atoms with Gasteiger partial charge in [0.2, 0.25) is 0 Å². The van der Waals surface area contributed by atoms with Gasteiger partial charge in [0, 0.05) is 29.8 Å². The van der Waals surface area contributed by atoms with Crippen LogP contribution >= 0.6 is 15.9 Å². The van der Waals surface area contributed by atoms with Gasteiger partial charge in [-0.25, -0.2) is 0 Å². The van der Waals surface area contributed by atoms with Crippen molar-refractivity contribution in [3.63, 3.8) is 0 Å². The minimum Gasteiger partial charge on any atom is -0.380 e. The minimum absolute atomic E-state index is 0.622. The van der Waals surface area contributed by atoms with Gasteiger partial charge in [-0.15, -0.1) is 0 Å². The van der Waals surface area contributed by atoms with Crippen molar-refractivity contribution in [1.82, 2.24) is 9.78 Å². The maximum atomic E-state index is 9.06. The predicted molar refractivity (Wildman–Crippen MR) is 69.4 cm³/mol. The summed E-state index contributed by atoms with van der Waals surface area (Å²) in [5.41, 5.74) is 2.53. The molecule has 1 N–H and O–H groups in total. The Bertz CT molecular complexity index is 568. The number of anilines is 1. The van der Waals surface area contributed by atoms with E-state index >= 15 is 0 Å². The molecule has 0 atom stereocenters. The van der Waals surface area contributed by atoms with Gasteiger partial charge in [0.25, 0.3) is 0 Å². The van der Waals surface area contributed by atoms with Gasteiger partial charge >= 0.3 is 0 Å². The molecule has 1 aromatic carbocycles. The highest BCUT2D eigenvalue weighted by Crippen LogP contribution is 2.24. The Hall–Kier alpha value is -1.80. The lowest BCUT2D eigenvalue weighted by atomic mass is 10.2. The molecule has 0 saturated heterocycles. The Morgan fingerprint density at radius 1 is 1.53 bits per heavy atom. The fraction of sp³-hybridized carbons (Fsp3) is 0.167. The van der Waals surface area contributed by atoms with Gasteiger partial charge < -0.3 is 5.32 Å². The van der Waals surface area contributed by atoms with Crippen molar-refractivity contribution in [2.75, 3.05) is 5.32 Å². The van der Waals surface area contributed by atoms with E-state index in [2.05, 4.69) is 32.4 Å². The monoisotopic (exact) mass is 290 g/mol. The molecule has 2 rings (SSSR count). The molecular formula is C12H11BrN4. The molecule has 1 aromatic heterocycles. The smallest absolute Gasteiger partial charge is 0.103 e. The van der Waals surface area contributed by atoms with Gasteiger partial charge in [0.05, 0.1) is 17.4 Å². The Morgan fingerprint density at radius 2 is 2.35 bits per heavy atom. The average molecular weight is 291 g/mol. The summed E-state index contributed by atoms with van der Waals surface area (Å²) in [5.74, 6) is 0. The molecular weight excluding hydrogens is 280 g/mol. The van der Waals surface area contributed by atoms with Crippen LogP contribution in [0, 0.1) is 11.3 Å². The fourth-order valence-corrected chi connectivity index (χ4v) is 2.00. The van der Waals surface area contributed by atoms with E-state index in [0.29, 0.717) is 12.1 Å². The van der Waals surface area contributed by atoms with E-state index < -0.39 is 0 Å². The normalized spacial score (nSPS) is 9.94. The standard InChI is InChI=1S/C12H11BrN4/c1-17-8-9(7-16-17)6-15-12-4-2-3-11(13)10(12)5-14/h2-4,7-8,15H,6H2,1H3. The highest BCUT2D eigenvalue weighted by Gasteiger charge is 2.05. The van der Waals surface area contributed by atoms with E-state index in [1.165, 1.54) is 0 Å². The van der Waals surface area contributed by atoms with Crippen molar-refractivity contribution in [3.8, 4) is 6.07 Å². The molecule has 0 aliphatic carbocycles. The van der Waals surface area contributed by atoms with Crippen molar-refractivity contribution in [2.45, 2.75) is 6.54 Å². The predicted octanol–water partition coefficient (Wildman–Crippen LogP) is 2.67. The third-order valence-corrected chi connectivity index (χ3v) is 3.03. The number of rotatable bonds is 3. The zero-order valence-corrected chi connectivity index (χ0v) is 10.9. The van der Waals surface area contributed by atoms with Gasteiger partial charge in [-0.05, 0) is 28.1 Å². The maximum absolute atomic E-state index is 9.06. The van der Waals surface area contributed by atoms with Crippen molar-refractivity contribution in [2.24, 2.45) is 7.05 Å². The lowest BCUT2D eigenvalue weighted by Gasteiger charge is -2.07. The summed E-state index contributed by atoms with van der Waals surface area (Å²) in [6.07, 6.45) is 3.74. The molecule has 1 heterocycles. The summed E-state index contributed by atoms with van der Waals surface area (Å²) in [7, 11) is 1.88. The first kappa shape index (κ1) is 11.7. The first-order valence-electron chi connectivity index (χ1n) is 5.10. The lowest BCUT2D eigenvalue weighted by Crippen LogP contribution is -2.00. The van der Waals surface area contributed by atoms with E-state index in [-0.39, 0.29) is 0 Å². The number of nitrogens with one attached hydrogen (secondary N) is 1. The van der Waals surface area contributed by atoms with Crippen LogP contribution in [0.5, 0.6) is 0 Å². The SMILES string of the molecule is Cn1cc(CNc2cccc(Br)c2C#N)cn1. The average Bonchev–Trinajstić information content (AvgIpc) is 2.72. The zero-order valence-electron chi connectivity index (χ0n) is 9.31. The number of halogens is 1. The van der Waals surface area contributed by atoms with E-state index in [1.807, 2.05) is 31.4 Å². The number of nitriles is 1. The van der Waals surface area contributed by atoms with Crippen molar-refractivity contribution in [3.05, 3.63) is 46.2 Å². The van der Waals surface area contributed by atoms with Crippen LogP contribution in [0.1, 0.15) is 11.1 Å². The number of benzene rings is 1. The van der Waals surface area contributed by atoms with E-state index in [1.54, 1.807) is 10.9 Å². The molecule has 0 aliphatic rings. The van der Waals surface area contributed by atoms with Gasteiger partial charge in [-0.1, -0.05) is 6.07 Å². The first-order valence-corrected chi connectivity index (χ1v) is 5.90. The summed E-state index contributed by atoms with van der Waals surface area (Å²) in [5, 5.41) is 16.4. The number of nitrogens with zero attached hydrogens (tertiary/aromatic N) is 3. The molecule has 4 nitrogen and oxygen atoms in total. The second kappa shape index (κ2) is 5.02. The van der Waals surface area contributed by atoms with Gasteiger partial charge in [0.1, 0.15) is 6.07 Å². The van der Waals surface area contributed by atoms with Crippen molar-refractivity contribution < 1.29 is 0 Å².